The van der Waals surface area contributed by atoms with Gasteiger partial charge >= 0.3 is 7.12 Å². The first-order valence-electron chi connectivity index (χ1n) is 6.92. The number of nitrogens with zero attached hydrogens (tertiary/aromatic N) is 1. The summed E-state index contributed by atoms with van der Waals surface area (Å²) in [7, 11) is -5.47. The second-order valence-electron chi connectivity index (χ2n) is 5.58. The van der Waals surface area contributed by atoms with Gasteiger partial charge in [-0.2, -0.15) is 0 Å². The molecule has 0 saturated carbocycles. The number of hydrogen-bond acceptors (Lipinski definition) is 4. The van der Waals surface area contributed by atoms with Gasteiger partial charge in [-0.15, -0.1) is 0 Å². The molecule has 0 spiro atoms. The smallest absolute Gasteiger partial charge is 0.423 e. The Morgan fingerprint density at radius 1 is 1.23 bits per heavy atom. The van der Waals surface area contributed by atoms with Crippen molar-refractivity contribution in [1.29, 1.82) is 0 Å². The minimum atomic E-state index is -3.74. The summed E-state index contributed by atoms with van der Waals surface area (Å²) in [6.45, 7) is 1.66. The third-order valence-electron chi connectivity index (χ3n) is 4.05. The summed E-state index contributed by atoms with van der Waals surface area (Å²) in [5, 5.41) is 19.5. The van der Waals surface area contributed by atoms with E-state index >= 15 is 0 Å². The Hall–Kier alpha value is -1.83. The van der Waals surface area contributed by atoms with Crippen LogP contribution in [0.5, 0.6) is 0 Å². The lowest BCUT2D eigenvalue weighted by Gasteiger charge is -2.27. The summed E-state index contributed by atoms with van der Waals surface area (Å²) < 4.78 is 26.2. The first-order chi connectivity index (χ1) is 10.4. The summed E-state index contributed by atoms with van der Waals surface area (Å²) in [4.78, 5) is 0. The molecule has 1 aromatic heterocycles. The maximum absolute atomic E-state index is 13.1. The van der Waals surface area contributed by atoms with Crippen molar-refractivity contribution in [3.05, 3.63) is 54.8 Å². The fourth-order valence-corrected chi connectivity index (χ4v) is 4.38. The zero-order chi connectivity index (χ0) is 16.0. The molecule has 2 N–H and O–H groups in total. The molecule has 1 aliphatic rings. The highest BCUT2D eigenvalue weighted by atomic mass is 32.2. The van der Waals surface area contributed by atoms with E-state index in [1.807, 2.05) is 12.2 Å². The normalized spacial score (nSPS) is 21.4. The van der Waals surface area contributed by atoms with E-state index in [2.05, 4.69) is 0 Å². The van der Waals surface area contributed by atoms with Gasteiger partial charge in [0.25, 0.3) is 0 Å². The second-order valence-corrected chi connectivity index (χ2v) is 7.86. The van der Waals surface area contributed by atoms with Gasteiger partial charge in [-0.25, -0.2) is 12.4 Å². The lowest BCUT2D eigenvalue weighted by molar-refractivity contribution is 0.426. The summed E-state index contributed by atoms with van der Waals surface area (Å²) in [6.07, 6.45) is 8.66. The Labute approximate surface area is 129 Å². The molecule has 3 rings (SSSR count). The average molecular weight is 317 g/mol. The van der Waals surface area contributed by atoms with Crippen molar-refractivity contribution >= 4 is 33.5 Å². The number of aromatic nitrogens is 1. The number of hydrogen-bond donors (Lipinski definition) is 2. The topological polar surface area (TPSA) is 79.5 Å². The highest BCUT2D eigenvalue weighted by Crippen LogP contribution is 2.30. The van der Waals surface area contributed by atoms with Crippen molar-refractivity contribution in [2.24, 2.45) is 0 Å². The molecule has 114 valence electrons. The SMILES string of the molecule is CC1(S(=O)(=O)n2cc(B(O)O)c3ccccc32)C=CC=CC1. The lowest BCUT2D eigenvalue weighted by atomic mass is 9.80. The summed E-state index contributed by atoms with van der Waals surface area (Å²) in [5.74, 6) is 0. The van der Waals surface area contributed by atoms with Crippen molar-refractivity contribution in [3.8, 4) is 0 Å². The van der Waals surface area contributed by atoms with E-state index in [-0.39, 0.29) is 5.46 Å². The quantitative estimate of drug-likeness (QED) is 0.820. The molecule has 0 amide bonds. The Morgan fingerprint density at radius 2 is 1.95 bits per heavy atom. The third-order valence-corrected chi connectivity index (χ3v) is 6.36. The van der Waals surface area contributed by atoms with Crippen molar-refractivity contribution < 1.29 is 18.5 Å². The highest BCUT2D eigenvalue weighted by Gasteiger charge is 2.39. The molecule has 22 heavy (non-hydrogen) atoms. The van der Waals surface area contributed by atoms with Crippen molar-refractivity contribution in [2.45, 2.75) is 18.1 Å². The largest absolute Gasteiger partial charge is 0.490 e. The Balaban J connectivity index is 2.26. The van der Waals surface area contributed by atoms with Crippen LogP contribution in [0.2, 0.25) is 0 Å². The van der Waals surface area contributed by atoms with Crippen molar-refractivity contribution in [1.82, 2.24) is 3.97 Å². The molecule has 0 radical (unpaired) electrons. The number of rotatable bonds is 3. The molecule has 7 heteroatoms. The average Bonchev–Trinajstić information content (AvgIpc) is 2.88. The van der Waals surface area contributed by atoms with Crippen LogP contribution < -0.4 is 5.46 Å². The van der Waals surface area contributed by atoms with Crippen LogP contribution in [0, 0.1) is 0 Å². The maximum atomic E-state index is 13.1. The van der Waals surface area contributed by atoms with Crippen molar-refractivity contribution in [2.75, 3.05) is 0 Å². The zero-order valence-corrected chi connectivity index (χ0v) is 12.9. The molecule has 5 nitrogen and oxygen atoms in total. The summed E-state index contributed by atoms with van der Waals surface area (Å²) in [5.41, 5.74) is 0.618. The van der Waals surface area contributed by atoms with Crippen LogP contribution >= 0.6 is 0 Å². The monoisotopic (exact) mass is 317 g/mol. The van der Waals surface area contributed by atoms with Gasteiger partial charge in [0.15, 0.2) is 0 Å². The van der Waals surface area contributed by atoms with Gasteiger partial charge in [-0.1, -0.05) is 42.5 Å². The number of fused-ring (bicyclic) bond motifs is 1. The molecule has 1 heterocycles. The molecule has 0 fully saturated rings. The van der Waals surface area contributed by atoms with Gasteiger partial charge in [0.05, 0.1) is 5.52 Å². The van der Waals surface area contributed by atoms with Crippen molar-refractivity contribution in [3.63, 3.8) is 0 Å². The van der Waals surface area contributed by atoms with Crippen LogP contribution in [0.3, 0.4) is 0 Å². The second kappa shape index (κ2) is 5.12. The van der Waals surface area contributed by atoms with Gasteiger partial charge < -0.3 is 10.0 Å². The Bertz CT molecular complexity index is 882. The first kappa shape index (κ1) is 15.1. The van der Waals surface area contributed by atoms with Crippen LogP contribution in [0.1, 0.15) is 13.3 Å². The summed E-state index contributed by atoms with van der Waals surface area (Å²) in [6, 6.07) is 6.79. The standard InChI is InChI=1S/C15H16BNO4S/c1-15(9-5-2-6-10-15)22(20,21)17-11-13(16(18)19)12-7-3-4-8-14(12)17/h2-9,11,18-19H,10H2,1H3. The molecule has 0 bridgehead atoms. The van der Waals surface area contributed by atoms with Crippen LogP contribution in [-0.2, 0) is 10.0 Å². The predicted molar refractivity (Wildman–Crippen MR) is 87.4 cm³/mol. The minimum absolute atomic E-state index is 0.179. The van der Waals surface area contributed by atoms with Gasteiger partial charge in [0, 0.05) is 17.0 Å². The third kappa shape index (κ3) is 2.13. The molecule has 1 aliphatic carbocycles. The van der Waals surface area contributed by atoms with Gasteiger partial charge in [0.2, 0.25) is 10.0 Å². The molecular formula is C15H16BNO4S. The fraction of sp³-hybridized carbons (Fsp3) is 0.200. The summed E-state index contributed by atoms with van der Waals surface area (Å²) >= 11 is 0. The van der Waals surface area contributed by atoms with Gasteiger partial charge in [-0.3, -0.25) is 0 Å². The zero-order valence-electron chi connectivity index (χ0n) is 12.0. The van der Waals surface area contributed by atoms with E-state index in [0.717, 1.165) is 3.97 Å². The number of para-hydroxylation sites is 1. The van der Waals surface area contributed by atoms with Crippen LogP contribution in [-0.4, -0.2) is 34.3 Å². The maximum Gasteiger partial charge on any atom is 0.490 e. The first-order valence-corrected chi connectivity index (χ1v) is 8.36. The van der Waals surface area contributed by atoms with E-state index in [1.54, 1.807) is 43.3 Å². The predicted octanol–water partition coefficient (Wildman–Crippen LogP) is 0.774. The highest BCUT2D eigenvalue weighted by molar-refractivity contribution is 7.91. The van der Waals surface area contributed by atoms with Crippen LogP contribution in [0.4, 0.5) is 0 Å². The van der Waals surface area contributed by atoms with Gasteiger partial charge in [-0.05, 0) is 19.4 Å². The number of allylic oxidation sites excluding steroid dienone is 3. The Kier molecular flexibility index (Phi) is 3.51. The number of benzene rings is 1. The van der Waals surface area contributed by atoms with E-state index in [1.165, 1.54) is 6.20 Å². The molecule has 2 aromatic rings. The molecule has 1 atom stereocenters. The van der Waals surface area contributed by atoms with E-state index in [9.17, 15) is 18.5 Å². The molecule has 1 unspecified atom stereocenters. The molecule has 0 aliphatic heterocycles. The molecule has 1 aromatic carbocycles. The van der Waals surface area contributed by atoms with E-state index in [4.69, 9.17) is 0 Å². The Morgan fingerprint density at radius 3 is 2.59 bits per heavy atom. The lowest BCUT2D eigenvalue weighted by Crippen LogP contribution is -2.38. The van der Waals surface area contributed by atoms with Crippen LogP contribution in [0.25, 0.3) is 10.9 Å². The van der Waals surface area contributed by atoms with E-state index < -0.39 is 21.9 Å². The van der Waals surface area contributed by atoms with Crippen LogP contribution in [0.15, 0.2) is 54.8 Å². The van der Waals surface area contributed by atoms with Gasteiger partial charge in [0.1, 0.15) is 4.75 Å². The molecular weight excluding hydrogens is 301 g/mol. The minimum Gasteiger partial charge on any atom is -0.423 e. The molecule has 0 saturated heterocycles. The fourth-order valence-electron chi connectivity index (χ4n) is 2.70. The van der Waals surface area contributed by atoms with E-state index in [0.29, 0.717) is 17.3 Å².